The van der Waals surface area contributed by atoms with Crippen LogP contribution in [0.1, 0.15) is 169 Å². The molecule has 0 aliphatic heterocycles. The lowest BCUT2D eigenvalue weighted by molar-refractivity contribution is -0.147. The molecule has 0 amide bonds. The molecule has 0 saturated heterocycles. The summed E-state index contributed by atoms with van der Waals surface area (Å²) in [5.41, 5.74) is 0. The number of rotatable bonds is 34. The largest absolute Gasteiger partial charge is 0.461 e. The molecule has 0 radical (unpaired) electrons. The lowest BCUT2D eigenvalue weighted by Crippen LogP contribution is -2.27. The number of aliphatic hydroxyl groups excluding tert-OH is 1. The Morgan fingerprint density at radius 2 is 0.935 bits per heavy atom. The fourth-order valence-corrected chi connectivity index (χ4v) is 5.59. The van der Waals surface area contributed by atoms with Gasteiger partial charge in [-0.15, -0.1) is 0 Å². The molecular weight excluding hydrogens is 574 g/mol. The molecule has 0 aliphatic rings. The van der Waals surface area contributed by atoms with Crippen LogP contribution in [-0.2, 0) is 19.1 Å². The minimum atomic E-state index is -0.0729. The summed E-state index contributed by atoms with van der Waals surface area (Å²) in [5.74, 6) is -0.213. The zero-order chi connectivity index (χ0) is 33.9. The molecule has 0 heterocycles. The Kier molecular flexibility index (Phi) is 33.4. The van der Waals surface area contributed by atoms with E-state index in [1.807, 2.05) is 26.0 Å². The molecule has 1 N–H and O–H groups in total. The van der Waals surface area contributed by atoms with E-state index in [4.69, 9.17) is 9.47 Å². The van der Waals surface area contributed by atoms with E-state index in [1.54, 1.807) is 0 Å². The second kappa shape index (κ2) is 34.7. The van der Waals surface area contributed by atoms with Crippen LogP contribution < -0.4 is 0 Å². The molecule has 0 rings (SSSR count). The van der Waals surface area contributed by atoms with Crippen LogP contribution in [0, 0.1) is 11.8 Å². The van der Waals surface area contributed by atoms with E-state index in [9.17, 15) is 14.7 Å². The summed E-state index contributed by atoms with van der Waals surface area (Å²) in [6.45, 7) is 12.7. The number of nitrogens with zero attached hydrogens (tertiary/aromatic N) is 1. The van der Waals surface area contributed by atoms with Crippen molar-refractivity contribution >= 4 is 11.9 Å². The number of ether oxygens (including phenoxy) is 2. The smallest absolute Gasteiger partial charge is 0.308 e. The third-order valence-corrected chi connectivity index (χ3v) is 8.84. The molecule has 0 aromatic rings. The van der Waals surface area contributed by atoms with Gasteiger partial charge in [0.2, 0.25) is 0 Å². The Balaban J connectivity index is 3.99. The number of esters is 2. The number of aliphatic hydroxyl groups is 1. The second-order valence-corrected chi connectivity index (χ2v) is 13.4. The third-order valence-electron chi connectivity index (χ3n) is 8.84. The van der Waals surface area contributed by atoms with Crippen molar-refractivity contribution < 1.29 is 24.2 Å². The normalized spacial score (nSPS) is 13.2. The predicted molar refractivity (Wildman–Crippen MR) is 195 cm³/mol. The average Bonchev–Trinajstić information content (AvgIpc) is 3.05. The molecule has 0 aromatic heterocycles. The van der Waals surface area contributed by atoms with Gasteiger partial charge in [-0.1, -0.05) is 129 Å². The highest BCUT2D eigenvalue weighted by atomic mass is 16.5. The first-order valence-electron chi connectivity index (χ1n) is 19.4. The summed E-state index contributed by atoms with van der Waals surface area (Å²) >= 11 is 0. The first-order chi connectivity index (χ1) is 22.5. The summed E-state index contributed by atoms with van der Waals surface area (Å²) in [5, 5.41) is 9.22. The number of carbonyl (C=O) groups excluding carboxylic acids is 2. The fraction of sp³-hybridized carbons (Fsp3) is 0.850. The highest BCUT2D eigenvalue weighted by molar-refractivity contribution is 5.72. The lowest BCUT2D eigenvalue weighted by atomic mass is 10.0. The van der Waals surface area contributed by atoms with Crippen molar-refractivity contribution in [3.63, 3.8) is 0 Å². The van der Waals surface area contributed by atoms with Gasteiger partial charge in [0.05, 0.1) is 11.8 Å². The van der Waals surface area contributed by atoms with E-state index in [0.29, 0.717) is 13.2 Å². The van der Waals surface area contributed by atoms with Crippen LogP contribution in [0.3, 0.4) is 0 Å². The Morgan fingerprint density at radius 3 is 1.35 bits per heavy atom. The van der Waals surface area contributed by atoms with Gasteiger partial charge in [0.15, 0.2) is 0 Å². The van der Waals surface area contributed by atoms with E-state index in [2.05, 4.69) is 30.9 Å². The highest BCUT2D eigenvalue weighted by Gasteiger charge is 2.14. The highest BCUT2D eigenvalue weighted by Crippen LogP contribution is 2.15. The van der Waals surface area contributed by atoms with Gasteiger partial charge >= 0.3 is 11.9 Å². The van der Waals surface area contributed by atoms with Crippen LogP contribution in [0.4, 0.5) is 0 Å². The lowest BCUT2D eigenvalue weighted by Gasteiger charge is -2.22. The van der Waals surface area contributed by atoms with Crippen molar-refractivity contribution in [2.45, 2.75) is 169 Å². The maximum Gasteiger partial charge on any atom is 0.308 e. The summed E-state index contributed by atoms with van der Waals surface area (Å²) < 4.78 is 10.9. The standard InChI is InChI=1S/C40H75NO5/c1-5-7-9-11-13-19-27-35-45-39(43)37(3)29-21-15-17-23-31-41(33-25-26-34-42)32-24-18-16-22-30-38(4)40(44)46-36-28-20-14-12-10-8-6-2/h19-20,27-28,37-38,42H,5-18,21-26,29-36H2,1-4H3/b27-19-,28-20-. The van der Waals surface area contributed by atoms with Gasteiger partial charge in [-0.25, -0.2) is 0 Å². The molecule has 6 nitrogen and oxygen atoms in total. The molecule has 46 heavy (non-hydrogen) atoms. The van der Waals surface area contributed by atoms with Gasteiger partial charge in [0.25, 0.3) is 0 Å². The molecule has 270 valence electrons. The maximum absolute atomic E-state index is 12.3. The summed E-state index contributed by atoms with van der Waals surface area (Å²) in [6.07, 6.45) is 33.3. The van der Waals surface area contributed by atoms with Gasteiger partial charge in [0, 0.05) is 6.61 Å². The first-order valence-corrected chi connectivity index (χ1v) is 19.4. The molecule has 0 spiro atoms. The van der Waals surface area contributed by atoms with Crippen LogP contribution in [0.2, 0.25) is 0 Å². The number of hydrogen-bond donors (Lipinski definition) is 1. The minimum absolute atomic E-state index is 0.0337. The van der Waals surface area contributed by atoms with Gasteiger partial charge in [-0.3, -0.25) is 9.59 Å². The van der Waals surface area contributed by atoms with Gasteiger partial charge in [-0.05, 0) is 83.8 Å². The SMILES string of the molecule is CCCCCC/C=C\COC(=O)C(C)CCCCCCN(CCCCO)CCCCCCC(C)C(=O)OC/C=C\CCCCCC. The zero-order valence-corrected chi connectivity index (χ0v) is 30.8. The van der Waals surface area contributed by atoms with Crippen LogP contribution in [0.25, 0.3) is 0 Å². The summed E-state index contributed by atoms with van der Waals surface area (Å²) in [6, 6.07) is 0. The Morgan fingerprint density at radius 1 is 0.543 bits per heavy atom. The molecule has 0 aromatic carbocycles. The number of allylic oxidation sites excluding steroid dienone is 2. The second-order valence-electron chi connectivity index (χ2n) is 13.4. The molecule has 6 heteroatoms. The third kappa shape index (κ3) is 29.7. The zero-order valence-electron chi connectivity index (χ0n) is 30.8. The minimum Gasteiger partial charge on any atom is -0.461 e. The van der Waals surface area contributed by atoms with Crippen molar-refractivity contribution in [3.05, 3.63) is 24.3 Å². The number of hydrogen-bond acceptors (Lipinski definition) is 6. The van der Waals surface area contributed by atoms with E-state index >= 15 is 0 Å². The average molecular weight is 650 g/mol. The number of carbonyl (C=O) groups is 2. The van der Waals surface area contributed by atoms with Crippen LogP contribution in [0.15, 0.2) is 24.3 Å². The van der Waals surface area contributed by atoms with Crippen molar-refractivity contribution in [2.24, 2.45) is 11.8 Å². The fourth-order valence-electron chi connectivity index (χ4n) is 5.59. The van der Waals surface area contributed by atoms with Crippen LogP contribution >= 0.6 is 0 Å². The molecule has 0 saturated carbocycles. The van der Waals surface area contributed by atoms with Crippen molar-refractivity contribution in [1.29, 1.82) is 0 Å². The van der Waals surface area contributed by atoms with E-state index in [0.717, 1.165) is 83.8 Å². The van der Waals surface area contributed by atoms with Crippen molar-refractivity contribution in [1.82, 2.24) is 4.90 Å². The van der Waals surface area contributed by atoms with Crippen molar-refractivity contribution in [2.75, 3.05) is 39.5 Å². The Labute approximate surface area is 285 Å². The molecule has 0 aliphatic carbocycles. The number of unbranched alkanes of at least 4 members (excludes halogenated alkanes) is 15. The van der Waals surface area contributed by atoms with E-state index in [-0.39, 0.29) is 30.4 Å². The molecular formula is C40H75NO5. The van der Waals surface area contributed by atoms with Gasteiger partial charge in [-0.2, -0.15) is 0 Å². The van der Waals surface area contributed by atoms with Crippen molar-refractivity contribution in [3.8, 4) is 0 Å². The molecule has 0 bridgehead atoms. The Hall–Kier alpha value is -1.66. The van der Waals surface area contributed by atoms with Gasteiger partial charge < -0.3 is 19.5 Å². The molecule has 2 atom stereocenters. The van der Waals surface area contributed by atoms with Crippen LogP contribution in [0.5, 0.6) is 0 Å². The van der Waals surface area contributed by atoms with E-state index < -0.39 is 0 Å². The molecule has 0 fully saturated rings. The summed E-state index contributed by atoms with van der Waals surface area (Å²) in [4.78, 5) is 27.1. The van der Waals surface area contributed by atoms with Crippen LogP contribution in [-0.4, -0.2) is 61.4 Å². The monoisotopic (exact) mass is 650 g/mol. The molecule has 2 unspecified atom stereocenters. The topological polar surface area (TPSA) is 76.1 Å². The van der Waals surface area contributed by atoms with Gasteiger partial charge in [0.1, 0.15) is 13.2 Å². The Bertz CT molecular complexity index is 681. The quantitative estimate of drug-likeness (QED) is 0.0425. The summed E-state index contributed by atoms with van der Waals surface area (Å²) in [7, 11) is 0. The maximum atomic E-state index is 12.3. The predicted octanol–water partition coefficient (Wildman–Crippen LogP) is 10.4. The van der Waals surface area contributed by atoms with E-state index in [1.165, 1.54) is 77.0 Å². The first kappa shape index (κ1) is 44.3.